The molecule has 0 aliphatic heterocycles. The number of hydrogen-bond acceptors (Lipinski definition) is 5. The molecule has 3 N–H and O–H groups in total. The van der Waals surface area contributed by atoms with Crippen LogP contribution < -0.4 is 16.0 Å². The molecule has 8 heteroatoms. The molecule has 1 fully saturated rings. The summed E-state index contributed by atoms with van der Waals surface area (Å²) in [6, 6.07) is 4.70. The minimum Gasteiger partial charge on any atom is -0.359 e. The molecule has 0 spiro atoms. The zero-order valence-electron chi connectivity index (χ0n) is 15.1. The van der Waals surface area contributed by atoms with Gasteiger partial charge in [0.1, 0.15) is 0 Å². The van der Waals surface area contributed by atoms with Crippen LogP contribution in [0.5, 0.6) is 0 Å². The number of rotatable bonds is 6. The highest BCUT2D eigenvalue weighted by Crippen LogP contribution is 2.31. The standard InChI is InChI=1S/C19H22N4O3S/c1-20-16(24)11-12-6-7-15(22-18(26)23-19-21-8-9-27-19)14(10-12)17(25)13-4-2-3-5-13/h6-10,13H,2-5,11H2,1H3,(H,20,24)(H2,21,22,23,26). The van der Waals surface area contributed by atoms with Gasteiger partial charge in [0.05, 0.1) is 12.1 Å². The monoisotopic (exact) mass is 386 g/mol. The molecule has 1 heterocycles. The van der Waals surface area contributed by atoms with Crippen molar-refractivity contribution in [2.75, 3.05) is 17.7 Å². The average Bonchev–Trinajstić information content (AvgIpc) is 3.36. The van der Waals surface area contributed by atoms with E-state index in [-0.39, 0.29) is 24.0 Å². The number of urea groups is 1. The number of anilines is 2. The van der Waals surface area contributed by atoms with Gasteiger partial charge in [-0.25, -0.2) is 9.78 Å². The van der Waals surface area contributed by atoms with Gasteiger partial charge >= 0.3 is 6.03 Å². The van der Waals surface area contributed by atoms with Gasteiger partial charge in [0.15, 0.2) is 10.9 Å². The maximum absolute atomic E-state index is 13.0. The number of ketones is 1. The molecule has 1 aromatic carbocycles. The van der Waals surface area contributed by atoms with Crippen molar-refractivity contribution in [1.29, 1.82) is 0 Å². The first kappa shape index (κ1) is 19.0. The smallest absolute Gasteiger partial charge is 0.325 e. The van der Waals surface area contributed by atoms with Crippen molar-refractivity contribution in [3.05, 3.63) is 40.9 Å². The van der Waals surface area contributed by atoms with E-state index in [0.29, 0.717) is 16.4 Å². The van der Waals surface area contributed by atoms with Gasteiger partial charge in [-0.05, 0) is 30.5 Å². The lowest BCUT2D eigenvalue weighted by molar-refractivity contribution is -0.119. The number of nitrogens with one attached hydrogen (secondary N) is 3. The maximum Gasteiger partial charge on any atom is 0.325 e. The summed E-state index contributed by atoms with van der Waals surface area (Å²) in [5.74, 6) is -0.130. The van der Waals surface area contributed by atoms with Gasteiger partial charge in [-0.1, -0.05) is 18.9 Å². The first-order chi connectivity index (χ1) is 13.1. The Hall–Kier alpha value is -2.74. The Balaban J connectivity index is 1.82. The molecule has 2 aromatic rings. The zero-order valence-corrected chi connectivity index (χ0v) is 15.9. The molecule has 0 bridgehead atoms. The molecule has 3 rings (SSSR count). The number of nitrogens with zero attached hydrogens (tertiary/aromatic N) is 1. The Bertz CT molecular complexity index is 829. The lowest BCUT2D eigenvalue weighted by Crippen LogP contribution is -2.23. The van der Waals surface area contributed by atoms with Crippen LogP contribution in [0.1, 0.15) is 41.6 Å². The number of aromatic nitrogens is 1. The van der Waals surface area contributed by atoms with Crippen LogP contribution in [-0.4, -0.2) is 29.8 Å². The van der Waals surface area contributed by atoms with Gasteiger partial charge in [-0.2, -0.15) is 0 Å². The lowest BCUT2D eigenvalue weighted by Gasteiger charge is -2.15. The fraction of sp³-hybridized carbons (Fsp3) is 0.368. The summed E-state index contributed by atoms with van der Waals surface area (Å²) in [7, 11) is 1.58. The second-order valence-electron chi connectivity index (χ2n) is 6.49. The molecular weight excluding hydrogens is 364 g/mol. The first-order valence-corrected chi connectivity index (χ1v) is 9.80. The van der Waals surface area contributed by atoms with Gasteiger partial charge in [-0.15, -0.1) is 11.3 Å². The van der Waals surface area contributed by atoms with Crippen LogP contribution in [-0.2, 0) is 11.2 Å². The first-order valence-electron chi connectivity index (χ1n) is 8.92. The highest BCUT2D eigenvalue weighted by molar-refractivity contribution is 7.13. The minimum absolute atomic E-state index is 0.0239. The Morgan fingerprint density at radius 1 is 1.19 bits per heavy atom. The van der Waals surface area contributed by atoms with E-state index in [1.165, 1.54) is 11.3 Å². The number of carbonyl (C=O) groups is 3. The van der Waals surface area contributed by atoms with Crippen LogP contribution in [0, 0.1) is 5.92 Å². The van der Waals surface area contributed by atoms with Crippen LogP contribution in [0.3, 0.4) is 0 Å². The minimum atomic E-state index is -0.454. The fourth-order valence-corrected chi connectivity index (χ4v) is 3.76. The number of benzene rings is 1. The number of Topliss-reactive ketones (excluding diaryl/α,β-unsaturated/α-hetero) is 1. The van der Waals surface area contributed by atoms with Gasteiger partial charge in [0.2, 0.25) is 5.91 Å². The molecule has 3 amide bonds. The van der Waals surface area contributed by atoms with Gasteiger partial charge < -0.3 is 10.6 Å². The molecule has 0 radical (unpaired) electrons. The van der Waals surface area contributed by atoms with E-state index in [4.69, 9.17) is 0 Å². The zero-order chi connectivity index (χ0) is 19.2. The summed E-state index contributed by atoms with van der Waals surface area (Å²) >= 11 is 1.31. The summed E-state index contributed by atoms with van der Waals surface area (Å²) < 4.78 is 0. The van der Waals surface area contributed by atoms with E-state index in [9.17, 15) is 14.4 Å². The molecule has 27 heavy (non-hydrogen) atoms. The van der Waals surface area contributed by atoms with Crippen molar-refractivity contribution in [3.8, 4) is 0 Å². The predicted molar refractivity (Wildman–Crippen MR) is 105 cm³/mol. The van der Waals surface area contributed by atoms with Crippen LogP contribution in [0.2, 0.25) is 0 Å². The highest BCUT2D eigenvalue weighted by atomic mass is 32.1. The topological polar surface area (TPSA) is 100 Å². The second-order valence-corrected chi connectivity index (χ2v) is 7.39. The second kappa shape index (κ2) is 8.77. The van der Waals surface area contributed by atoms with E-state index >= 15 is 0 Å². The molecule has 1 aliphatic carbocycles. The lowest BCUT2D eigenvalue weighted by atomic mass is 9.93. The molecule has 0 unspecified atom stereocenters. The van der Waals surface area contributed by atoms with Crippen LogP contribution >= 0.6 is 11.3 Å². The van der Waals surface area contributed by atoms with Crippen molar-refractivity contribution in [2.45, 2.75) is 32.1 Å². The molecular formula is C19H22N4O3S. The van der Waals surface area contributed by atoms with E-state index in [1.807, 2.05) is 0 Å². The average molecular weight is 386 g/mol. The molecule has 1 aromatic heterocycles. The molecule has 1 aliphatic rings. The Morgan fingerprint density at radius 2 is 1.96 bits per heavy atom. The van der Waals surface area contributed by atoms with Gasteiger partial charge in [0, 0.05) is 30.1 Å². The van der Waals surface area contributed by atoms with Crippen molar-refractivity contribution in [2.24, 2.45) is 5.92 Å². The number of thiazole rings is 1. The molecule has 0 atom stereocenters. The van der Waals surface area contributed by atoms with E-state index < -0.39 is 6.03 Å². The summed E-state index contributed by atoms with van der Waals surface area (Å²) in [6.07, 6.45) is 5.60. The number of hydrogen-bond donors (Lipinski definition) is 3. The van der Waals surface area contributed by atoms with Crippen molar-refractivity contribution >= 4 is 39.9 Å². The van der Waals surface area contributed by atoms with Crippen molar-refractivity contribution in [1.82, 2.24) is 10.3 Å². The summed E-state index contributed by atoms with van der Waals surface area (Å²) in [4.78, 5) is 40.9. The van der Waals surface area contributed by atoms with E-state index in [0.717, 1.165) is 31.2 Å². The van der Waals surface area contributed by atoms with Crippen LogP contribution in [0.15, 0.2) is 29.8 Å². The number of amides is 3. The van der Waals surface area contributed by atoms with Crippen molar-refractivity contribution in [3.63, 3.8) is 0 Å². The largest absolute Gasteiger partial charge is 0.359 e. The van der Waals surface area contributed by atoms with Crippen LogP contribution in [0.25, 0.3) is 0 Å². The fourth-order valence-electron chi connectivity index (χ4n) is 3.23. The van der Waals surface area contributed by atoms with Gasteiger partial charge in [0.25, 0.3) is 0 Å². The Morgan fingerprint density at radius 3 is 2.63 bits per heavy atom. The Labute approximate surface area is 161 Å². The number of carbonyl (C=O) groups excluding carboxylic acids is 3. The third kappa shape index (κ3) is 4.91. The quantitative estimate of drug-likeness (QED) is 0.662. The molecule has 0 saturated heterocycles. The summed E-state index contributed by atoms with van der Waals surface area (Å²) in [5.41, 5.74) is 1.64. The highest BCUT2D eigenvalue weighted by Gasteiger charge is 2.26. The van der Waals surface area contributed by atoms with E-state index in [2.05, 4.69) is 20.9 Å². The molecule has 142 valence electrons. The van der Waals surface area contributed by atoms with Crippen molar-refractivity contribution < 1.29 is 14.4 Å². The normalized spacial score (nSPS) is 14.0. The maximum atomic E-state index is 13.0. The predicted octanol–water partition coefficient (Wildman–Crippen LogP) is 3.45. The van der Waals surface area contributed by atoms with Crippen LogP contribution in [0.4, 0.5) is 15.6 Å². The van der Waals surface area contributed by atoms with Gasteiger partial charge in [-0.3, -0.25) is 14.9 Å². The SMILES string of the molecule is CNC(=O)Cc1ccc(NC(=O)Nc2nccs2)c(C(=O)C2CCCC2)c1. The number of likely N-dealkylation sites (N-methyl/N-ethyl adjacent to an activating group) is 1. The third-order valence-corrected chi connectivity index (χ3v) is 5.31. The molecule has 7 nitrogen and oxygen atoms in total. The third-order valence-electron chi connectivity index (χ3n) is 4.62. The molecule has 1 saturated carbocycles. The van der Waals surface area contributed by atoms with E-state index in [1.54, 1.807) is 36.8 Å². The summed E-state index contributed by atoms with van der Waals surface area (Å²) in [6.45, 7) is 0. The summed E-state index contributed by atoms with van der Waals surface area (Å²) in [5, 5.41) is 10.2. The Kier molecular flexibility index (Phi) is 6.18.